The predicted octanol–water partition coefficient (Wildman–Crippen LogP) is 0.934. The number of nitriles is 1. The molecule has 28 heavy (non-hydrogen) atoms. The van der Waals surface area contributed by atoms with Crippen molar-refractivity contribution in [1.82, 2.24) is 15.1 Å². The molecule has 1 aromatic carbocycles. The molecule has 0 aromatic heterocycles. The van der Waals surface area contributed by atoms with Crippen molar-refractivity contribution in [3.05, 3.63) is 35.5 Å². The molecule has 2 amide bonds. The molecule has 0 atom stereocenters. The smallest absolute Gasteiger partial charge is 0.266 e. The van der Waals surface area contributed by atoms with Crippen molar-refractivity contribution < 1.29 is 19.1 Å². The van der Waals surface area contributed by atoms with E-state index in [0.717, 1.165) is 5.56 Å². The zero-order valence-electron chi connectivity index (χ0n) is 16.5. The molecule has 0 spiro atoms. The van der Waals surface area contributed by atoms with E-state index in [1.165, 1.54) is 13.1 Å². The number of rotatable bonds is 7. The number of amides is 2. The highest BCUT2D eigenvalue weighted by molar-refractivity contribution is 5.97. The van der Waals surface area contributed by atoms with Crippen molar-refractivity contribution in [3.8, 4) is 17.6 Å². The summed E-state index contributed by atoms with van der Waals surface area (Å²) in [5.41, 5.74) is 1.10. The van der Waals surface area contributed by atoms with Crippen LogP contribution in [0.3, 0.4) is 0 Å². The molecular formula is C20H26N4O4. The number of nitrogens with zero attached hydrogens (tertiary/aromatic N) is 3. The summed E-state index contributed by atoms with van der Waals surface area (Å²) in [5, 5.41) is 12.3. The van der Waals surface area contributed by atoms with Gasteiger partial charge in [0.2, 0.25) is 5.91 Å². The van der Waals surface area contributed by atoms with E-state index < -0.39 is 0 Å². The molecule has 1 saturated heterocycles. The van der Waals surface area contributed by atoms with Crippen molar-refractivity contribution in [2.24, 2.45) is 0 Å². The van der Waals surface area contributed by atoms with Crippen LogP contribution in [-0.2, 0) is 16.0 Å². The van der Waals surface area contributed by atoms with Crippen molar-refractivity contribution >= 4 is 11.8 Å². The van der Waals surface area contributed by atoms with Crippen molar-refractivity contribution in [2.75, 3.05) is 46.9 Å². The SMILES string of the molecule is COc1ccc(CCN/C=C(/C#N)C(=O)N2CCN(C(C)=O)CC2)cc1OC. The molecule has 0 unspecified atom stereocenters. The molecule has 1 aliphatic rings. The largest absolute Gasteiger partial charge is 0.493 e. The lowest BCUT2D eigenvalue weighted by atomic mass is 10.1. The highest BCUT2D eigenvalue weighted by Crippen LogP contribution is 2.27. The highest BCUT2D eigenvalue weighted by Gasteiger charge is 2.24. The third-order valence-corrected chi connectivity index (χ3v) is 4.62. The van der Waals surface area contributed by atoms with Crippen molar-refractivity contribution in [1.29, 1.82) is 5.26 Å². The van der Waals surface area contributed by atoms with Crippen molar-refractivity contribution in [2.45, 2.75) is 13.3 Å². The van der Waals surface area contributed by atoms with Gasteiger partial charge in [-0.2, -0.15) is 5.26 Å². The molecule has 1 aliphatic heterocycles. The van der Waals surface area contributed by atoms with Gasteiger partial charge in [0, 0.05) is 45.8 Å². The number of carbonyl (C=O) groups excluding carboxylic acids is 2. The predicted molar refractivity (Wildman–Crippen MR) is 104 cm³/mol. The Hall–Kier alpha value is -3.21. The van der Waals surface area contributed by atoms with Gasteiger partial charge >= 0.3 is 0 Å². The molecule has 2 rings (SSSR count). The van der Waals surface area contributed by atoms with Crippen LogP contribution in [0.1, 0.15) is 12.5 Å². The van der Waals surface area contributed by atoms with Gasteiger partial charge in [0.05, 0.1) is 14.2 Å². The number of nitrogens with one attached hydrogen (secondary N) is 1. The Bertz CT molecular complexity index is 777. The van der Waals surface area contributed by atoms with Gasteiger partial charge in [-0.3, -0.25) is 9.59 Å². The van der Waals surface area contributed by atoms with Crippen LogP contribution < -0.4 is 14.8 Å². The zero-order valence-corrected chi connectivity index (χ0v) is 16.5. The Labute approximate surface area is 165 Å². The minimum absolute atomic E-state index is 0.0000215. The van der Waals surface area contributed by atoms with E-state index in [2.05, 4.69) is 5.32 Å². The van der Waals surface area contributed by atoms with E-state index in [0.29, 0.717) is 50.6 Å². The summed E-state index contributed by atoms with van der Waals surface area (Å²) < 4.78 is 10.5. The maximum Gasteiger partial charge on any atom is 0.266 e. The Kier molecular flexibility index (Phi) is 7.69. The summed E-state index contributed by atoms with van der Waals surface area (Å²) >= 11 is 0. The topological polar surface area (TPSA) is 94.9 Å². The van der Waals surface area contributed by atoms with E-state index >= 15 is 0 Å². The standard InChI is InChI=1S/C20H26N4O4/c1-15(25)23-8-10-24(11-9-23)20(26)17(13-21)14-22-7-6-16-4-5-18(27-2)19(12-16)28-3/h4-5,12,14,22H,6-11H2,1-3H3/b17-14-. The molecule has 0 bridgehead atoms. The maximum atomic E-state index is 12.5. The molecule has 1 fully saturated rings. The molecule has 0 saturated carbocycles. The normalized spacial score (nSPS) is 14.3. The minimum atomic E-state index is -0.315. The maximum absolute atomic E-state index is 12.5. The van der Waals surface area contributed by atoms with Crippen LogP contribution in [0.25, 0.3) is 0 Å². The quantitative estimate of drug-likeness (QED) is 0.426. The van der Waals surface area contributed by atoms with Gasteiger partial charge in [0.1, 0.15) is 11.6 Å². The molecule has 1 heterocycles. The van der Waals surface area contributed by atoms with E-state index in [1.54, 1.807) is 24.0 Å². The monoisotopic (exact) mass is 386 g/mol. The first-order valence-corrected chi connectivity index (χ1v) is 9.09. The number of ether oxygens (including phenoxy) is 2. The van der Waals surface area contributed by atoms with Gasteiger partial charge in [-0.25, -0.2) is 0 Å². The van der Waals surface area contributed by atoms with E-state index in [9.17, 15) is 14.9 Å². The van der Waals surface area contributed by atoms with Gasteiger partial charge in [-0.1, -0.05) is 6.07 Å². The zero-order chi connectivity index (χ0) is 20.5. The molecule has 8 nitrogen and oxygen atoms in total. The fourth-order valence-electron chi connectivity index (χ4n) is 2.96. The lowest BCUT2D eigenvalue weighted by Crippen LogP contribution is -2.50. The molecule has 1 aromatic rings. The first-order valence-electron chi connectivity index (χ1n) is 9.09. The van der Waals surface area contributed by atoms with E-state index in [1.807, 2.05) is 24.3 Å². The van der Waals surface area contributed by atoms with Crippen LogP contribution >= 0.6 is 0 Å². The Morgan fingerprint density at radius 3 is 2.36 bits per heavy atom. The summed E-state index contributed by atoms with van der Waals surface area (Å²) in [4.78, 5) is 27.1. The number of piperazine rings is 1. The van der Waals surface area contributed by atoms with Gasteiger partial charge in [-0.15, -0.1) is 0 Å². The third-order valence-electron chi connectivity index (χ3n) is 4.62. The molecule has 1 N–H and O–H groups in total. The Morgan fingerprint density at radius 1 is 1.14 bits per heavy atom. The molecular weight excluding hydrogens is 360 g/mol. The fraction of sp³-hybridized carbons (Fsp3) is 0.450. The summed E-state index contributed by atoms with van der Waals surface area (Å²) in [7, 11) is 3.17. The second kappa shape index (κ2) is 10.2. The first-order chi connectivity index (χ1) is 13.5. The van der Waals surface area contributed by atoms with Crippen LogP contribution in [-0.4, -0.2) is 68.6 Å². The lowest BCUT2D eigenvalue weighted by molar-refractivity contribution is -0.136. The van der Waals surface area contributed by atoms with Crippen molar-refractivity contribution in [3.63, 3.8) is 0 Å². The Morgan fingerprint density at radius 2 is 1.79 bits per heavy atom. The molecule has 0 aliphatic carbocycles. The first kappa shape index (κ1) is 21.1. The summed E-state index contributed by atoms with van der Waals surface area (Å²) in [5.74, 6) is 1.01. The number of carbonyl (C=O) groups is 2. The van der Waals surface area contributed by atoms with Gasteiger partial charge in [0.25, 0.3) is 5.91 Å². The third kappa shape index (κ3) is 5.39. The Balaban J connectivity index is 1.87. The number of hydrogen-bond donors (Lipinski definition) is 1. The minimum Gasteiger partial charge on any atom is -0.493 e. The average Bonchev–Trinajstić information content (AvgIpc) is 2.73. The second-order valence-corrected chi connectivity index (χ2v) is 6.36. The number of benzene rings is 1. The van der Waals surface area contributed by atoms with Gasteiger partial charge in [0.15, 0.2) is 11.5 Å². The van der Waals surface area contributed by atoms with Gasteiger partial charge < -0.3 is 24.6 Å². The summed E-state index contributed by atoms with van der Waals surface area (Å²) in [6.07, 6.45) is 2.15. The molecule has 0 radical (unpaired) electrons. The molecule has 150 valence electrons. The van der Waals surface area contributed by atoms with Crippen LogP contribution in [0, 0.1) is 11.3 Å². The number of methoxy groups -OCH3 is 2. The van der Waals surface area contributed by atoms with Crippen LogP contribution in [0.15, 0.2) is 30.0 Å². The average molecular weight is 386 g/mol. The summed E-state index contributed by atoms with van der Waals surface area (Å²) in [6.45, 7) is 3.93. The van der Waals surface area contributed by atoms with Crippen LogP contribution in [0.5, 0.6) is 11.5 Å². The second-order valence-electron chi connectivity index (χ2n) is 6.36. The lowest BCUT2D eigenvalue weighted by Gasteiger charge is -2.34. The van der Waals surface area contributed by atoms with E-state index in [-0.39, 0.29) is 17.4 Å². The van der Waals surface area contributed by atoms with Crippen LogP contribution in [0.4, 0.5) is 0 Å². The summed E-state index contributed by atoms with van der Waals surface area (Å²) in [6, 6.07) is 7.64. The number of hydrogen-bond acceptors (Lipinski definition) is 6. The van der Waals surface area contributed by atoms with E-state index in [4.69, 9.17) is 9.47 Å². The van der Waals surface area contributed by atoms with Gasteiger partial charge in [-0.05, 0) is 24.1 Å². The van der Waals surface area contributed by atoms with Crippen LogP contribution in [0.2, 0.25) is 0 Å². The fourth-order valence-corrected chi connectivity index (χ4v) is 2.96. The molecule has 8 heteroatoms. The highest BCUT2D eigenvalue weighted by atomic mass is 16.5.